The fourth-order valence-corrected chi connectivity index (χ4v) is 5.71. The fourth-order valence-electron chi connectivity index (χ4n) is 4.63. The number of hydrogen-bond donors (Lipinski definition) is 0. The molecule has 0 spiro atoms. The Morgan fingerprint density at radius 1 is 0.844 bits per heavy atom. The van der Waals surface area contributed by atoms with Crippen molar-refractivity contribution in [3.05, 3.63) is 70.1 Å². The molecule has 0 radical (unpaired) electrons. The average Bonchev–Trinajstić information content (AvgIpc) is 3.11. The number of piperazine rings is 1. The van der Waals surface area contributed by atoms with Crippen LogP contribution in [0, 0.1) is 33.5 Å². The lowest BCUT2D eigenvalue weighted by molar-refractivity contribution is 0.628. The van der Waals surface area contributed by atoms with Crippen molar-refractivity contribution >= 4 is 33.1 Å². The highest BCUT2D eigenvalue weighted by Crippen LogP contribution is 2.42. The van der Waals surface area contributed by atoms with Crippen LogP contribution in [0.1, 0.15) is 21.8 Å². The van der Waals surface area contributed by atoms with Crippen molar-refractivity contribution in [2.24, 2.45) is 0 Å². The van der Waals surface area contributed by atoms with Gasteiger partial charge < -0.3 is 9.80 Å². The molecule has 6 heteroatoms. The first-order chi connectivity index (χ1) is 15.4. The smallest absolute Gasteiger partial charge is 0.141 e. The van der Waals surface area contributed by atoms with E-state index in [0.29, 0.717) is 0 Å². The van der Waals surface area contributed by atoms with Crippen LogP contribution < -0.4 is 9.80 Å². The molecule has 0 atom stereocenters. The summed E-state index contributed by atoms with van der Waals surface area (Å²) in [6, 6.07) is 13.3. The van der Waals surface area contributed by atoms with Crippen LogP contribution in [0.15, 0.2) is 42.5 Å². The number of halogens is 1. The van der Waals surface area contributed by atoms with Gasteiger partial charge >= 0.3 is 0 Å². The number of rotatable bonds is 3. The molecule has 5 rings (SSSR count). The summed E-state index contributed by atoms with van der Waals surface area (Å²) >= 11 is 1.69. The highest BCUT2D eigenvalue weighted by molar-refractivity contribution is 7.19. The molecule has 1 aliphatic rings. The van der Waals surface area contributed by atoms with E-state index < -0.39 is 0 Å². The summed E-state index contributed by atoms with van der Waals surface area (Å²) in [6.07, 6.45) is 0. The molecule has 1 saturated heterocycles. The Hall–Kier alpha value is -2.99. The Kier molecular flexibility index (Phi) is 5.33. The standard InChI is InChI=1S/C26H27FN4S/c1-16-6-5-7-22(17(16)2)30-12-14-31(15-13-30)25-24-23(20-8-10-21(27)11-9-20)18(3)32-26(24)29-19(4)28-25/h5-11H,12-15H2,1-4H3. The molecule has 0 amide bonds. The van der Waals surface area contributed by atoms with E-state index >= 15 is 0 Å². The highest BCUT2D eigenvalue weighted by atomic mass is 32.1. The molecular weight excluding hydrogens is 419 g/mol. The number of hydrogen-bond acceptors (Lipinski definition) is 5. The van der Waals surface area contributed by atoms with Crippen molar-refractivity contribution in [1.82, 2.24) is 9.97 Å². The zero-order valence-corrected chi connectivity index (χ0v) is 19.8. The zero-order valence-electron chi connectivity index (χ0n) is 18.9. The Morgan fingerprint density at radius 3 is 2.25 bits per heavy atom. The van der Waals surface area contributed by atoms with Crippen LogP contribution in [0.4, 0.5) is 15.9 Å². The summed E-state index contributed by atoms with van der Waals surface area (Å²) in [4.78, 5) is 16.7. The Balaban J connectivity index is 1.52. The molecule has 2 aromatic heterocycles. The minimum absolute atomic E-state index is 0.221. The van der Waals surface area contributed by atoms with Crippen LogP contribution in [-0.2, 0) is 0 Å². The molecule has 32 heavy (non-hydrogen) atoms. The van der Waals surface area contributed by atoms with Gasteiger partial charge in [-0.15, -0.1) is 11.3 Å². The molecule has 1 fully saturated rings. The van der Waals surface area contributed by atoms with Crippen LogP contribution in [0.3, 0.4) is 0 Å². The third-order valence-corrected chi connectivity index (χ3v) is 7.45. The van der Waals surface area contributed by atoms with Crippen molar-refractivity contribution in [2.45, 2.75) is 27.7 Å². The Bertz CT molecular complexity index is 1290. The molecule has 0 aliphatic carbocycles. The van der Waals surface area contributed by atoms with Gasteiger partial charge in [0.2, 0.25) is 0 Å². The van der Waals surface area contributed by atoms with E-state index in [1.165, 1.54) is 33.8 Å². The maximum atomic E-state index is 13.6. The van der Waals surface area contributed by atoms with Gasteiger partial charge in [-0.3, -0.25) is 0 Å². The SMILES string of the molecule is Cc1nc(N2CCN(c3cccc(C)c3C)CC2)c2c(-c3ccc(F)cc3)c(C)sc2n1. The molecular formula is C26H27FN4S. The third-order valence-electron chi connectivity index (χ3n) is 6.45. The molecule has 4 nitrogen and oxygen atoms in total. The zero-order chi connectivity index (χ0) is 22.4. The topological polar surface area (TPSA) is 32.3 Å². The molecule has 164 valence electrons. The van der Waals surface area contributed by atoms with Crippen LogP contribution in [0.2, 0.25) is 0 Å². The third kappa shape index (κ3) is 3.62. The lowest BCUT2D eigenvalue weighted by Crippen LogP contribution is -2.47. The maximum Gasteiger partial charge on any atom is 0.141 e. The van der Waals surface area contributed by atoms with E-state index in [9.17, 15) is 4.39 Å². The van der Waals surface area contributed by atoms with Gasteiger partial charge in [0, 0.05) is 42.3 Å². The fraction of sp³-hybridized carbons (Fsp3) is 0.308. The molecule has 0 bridgehead atoms. The average molecular weight is 447 g/mol. The predicted octanol–water partition coefficient (Wildman–Crippen LogP) is 6.06. The summed E-state index contributed by atoms with van der Waals surface area (Å²) in [5, 5.41) is 1.09. The summed E-state index contributed by atoms with van der Waals surface area (Å²) in [5.41, 5.74) is 6.14. The van der Waals surface area contributed by atoms with Crippen LogP contribution in [0.25, 0.3) is 21.3 Å². The van der Waals surface area contributed by atoms with Crippen molar-refractivity contribution < 1.29 is 4.39 Å². The summed E-state index contributed by atoms with van der Waals surface area (Å²) < 4.78 is 13.6. The van der Waals surface area contributed by atoms with Gasteiger partial charge in [0.05, 0.1) is 5.39 Å². The Labute approximate surface area is 192 Å². The first-order valence-corrected chi connectivity index (χ1v) is 11.8. The van der Waals surface area contributed by atoms with Crippen LogP contribution in [0.5, 0.6) is 0 Å². The first kappa shape index (κ1) is 20.9. The van der Waals surface area contributed by atoms with Gasteiger partial charge in [0.1, 0.15) is 22.3 Å². The monoisotopic (exact) mass is 446 g/mol. The van der Waals surface area contributed by atoms with Gasteiger partial charge in [0.25, 0.3) is 0 Å². The van der Waals surface area contributed by atoms with Crippen molar-refractivity contribution in [3.63, 3.8) is 0 Å². The number of aryl methyl sites for hydroxylation is 3. The second kappa shape index (κ2) is 8.17. The molecule has 0 unspecified atom stereocenters. The van der Waals surface area contributed by atoms with Crippen molar-refractivity contribution in [3.8, 4) is 11.1 Å². The second-order valence-corrected chi connectivity index (χ2v) is 9.71. The minimum Gasteiger partial charge on any atom is -0.368 e. The van der Waals surface area contributed by atoms with Crippen LogP contribution >= 0.6 is 11.3 Å². The van der Waals surface area contributed by atoms with E-state index in [0.717, 1.165) is 59.2 Å². The lowest BCUT2D eigenvalue weighted by atomic mass is 10.0. The van der Waals surface area contributed by atoms with Gasteiger partial charge in [-0.2, -0.15) is 0 Å². The number of aromatic nitrogens is 2. The molecule has 1 aliphatic heterocycles. The van der Waals surface area contributed by atoms with Gasteiger partial charge in [-0.1, -0.05) is 24.3 Å². The quantitative estimate of drug-likeness (QED) is 0.383. The number of benzene rings is 2. The van der Waals surface area contributed by atoms with E-state index in [2.05, 4.69) is 48.8 Å². The van der Waals surface area contributed by atoms with Gasteiger partial charge in [0.15, 0.2) is 0 Å². The second-order valence-electron chi connectivity index (χ2n) is 8.51. The summed E-state index contributed by atoms with van der Waals surface area (Å²) in [6.45, 7) is 12.1. The summed E-state index contributed by atoms with van der Waals surface area (Å²) in [7, 11) is 0. The highest BCUT2D eigenvalue weighted by Gasteiger charge is 2.25. The molecule has 4 aromatic rings. The first-order valence-electron chi connectivity index (χ1n) is 11.0. The number of fused-ring (bicyclic) bond motifs is 1. The Morgan fingerprint density at radius 2 is 1.53 bits per heavy atom. The van der Waals surface area contributed by atoms with E-state index in [1.807, 2.05) is 19.1 Å². The maximum absolute atomic E-state index is 13.6. The van der Waals surface area contributed by atoms with E-state index in [1.54, 1.807) is 11.3 Å². The largest absolute Gasteiger partial charge is 0.368 e. The predicted molar refractivity (Wildman–Crippen MR) is 133 cm³/mol. The van der Waals surface area contributed by atoms with Crippen molar-refractivity contribution in [2.75, 3.05) is 36.0 Å². The number of anilines is 2. The molecule has 0 saturated carbocycles. The lowest BCUT2D eigenvalue weighted by Gasteiger charge is -2.38. The number of nitrogens with zero attached hydrogens (tertiary/aromatic N) is 4. The summed E-state index contributed by atoms with van der Waals surface area (Å²) in [5.74, 6) is 1.56. The molecule has 2 aromatic carbocycles. The van der Waals surface area contributed by atoms with Crippen LogP contribution in [-0.4, -0.2) is 36.1 Å². The van der Waals surface area contributed by atoms with E-state index in [-0.39, 0.29) is 5.82 Å². The van der Waals surface area contributed by atoms with Crippen molar-refractivity contribution in [1.29, 1.82) is 0 Å². The molecule has 0 N–H and O–H groups in total. The van der Waals surface area contributed by atoms with Gasteiger partial charge in [-0.05, 0) is 62.6 Å². The van der Waals surface area contributed by atoms with E-state index in [4.69, 9.17) is 9.97 Å². The number of thiophene rings is 1. The minimum atomic E-state index is -0.221. The normalized spacial score (nSPS) is 14.4. The molecule has 3 heterocycles. The van der Waals surface area contributed by atoms with Gasteiger partial charge in [-0.25, -0.2) is 14.4 Å².